The highest BCUT2D eigenvalue weighted by Crippen LogP contribution is 2.48. The molecule has 6 nitrogen and oxygen atoms in total. The van der Waals surface area contributed by atoms with E-state index in [1.807, 2.05) is 41.8 Å². The predicted molar refractivity (Wildman–Crippen MR) is 128 cm³/mol. The van der Waals surface area contributed by atoms with Crippen LogP contribution in [-0.2, 0) is 11.8 Å². The third-order valence-corrected chi connectivity index (χ3v) is 7.46. The number of aromatic nitrogens is 2. The highest BCUT2D eigenvalue weighted by molar-refractivity contribution is 14.1. The Morgan fingerprint density at radius 1 is 1.20 bits per heavy atom. The molecule has 2 aliphatic rings. The number of halogens is 1. The molecule has 1 aliphatic carbocycles. The summed E-state index contributed by atoms with van der Waals surface area (Å²) in [7, 11) is 1.93. The second kappa shape index (κ2) is 6.75. The van der Waals surface area contributed by atoms with Crippen LogP contribution >= 0.6 is 34.8 Å². The van der Waals surface area contributed by atoms with Crippen LogP contribution in [0.2, 0.25) is 0 Å². The number of aryl methyl sites for hydroxylation is 2. The largest absolute Gasteiger partial charge is 0.303 e. The second-order valence-corrected chi connectivity index (χ2v) is 9.36. The minimum Gasteiger partial charge on any atom is -0.303 e. The van der Waals surface area contributed by atoms with Crippen LogP contribution in [0.5, 0.6) is 0 Å². The van der Waals surface area contributed by atoms with Gasteiger partial charge >= 0.3 is 0 Å². The van der Waals surface area contributed by atoms with Crippen molar-refractivity contribution < 1.29 is 4.79 Å². The summed E-state index contributed by atoms with van der Waals surface area (Å²) in [6, 6.07) is 13.7. The molecular weight excluding hydrogens is 509 g/mol. The molecule has 1 saturated carbocycles. The summed E-state index contributed by atoms with van der Waals surface area (Å²) in [5.74, 6) is 0.0160. The van der Waals surface area contributed by atoms with Crippen molar-refractivity contribution >= 4 is 68.1 Å². The smallest absolute Gasteiger partial charge is 0.259 e. The SMILES string of the molecule is Cc1nn(C)c2ccc(N3C(=S)N(c4ccc(C#N)c(I)c4)C(=O)C34CCC4)cc12. The van der Waals surface area contributed by atoms with Crippen LogP contribution in [0.1, 0.15) is 30.5 Å². The van der Waals surface area contributed by atoms with Gasteiger partial charge in [-0.1, -0.05) is 0 Å². The number of anilines is 2. The molecule has 0 atom stereocenters. The lowest BCUT2D eigenvalue weighted by Gasteiger charge is -2.43. The molecule has 150 valence electrons. The van der Waals surface area contributed by atoms with E-state index in [9.17, 15) is 10.1 Å². The maximum absolute atomic E-state index is 13.6. The Kier molecular flexibility index (Phi) is 4.38. The van der Waals surface area contributed by atoms with Gasteiger partial charge in [0.05, 0.1) is 22.5 Å². The summed E-state index contributed by atoms with van der Waals surface area (Å²) in [5.41, 5.74) is 3.59. The van der Waals surface area contributed by atoms with Gasteiger partial charge in [0.25, 0.3) is 5.91 Å². The summed E-state index contributed by atoms with van der Waals surface area (Å²) in [5, 5.41) is 15.3. The molecule has 30 heavy (non-hydrogen) atoms. The number of hydrogen-bond donors (Lipinski definition) is 0. The average molecular weight is 527 g/mol. The number of carbonyl (C=O) groups excluding carboxylic acids is 1. The van der Waals surface area contributed by atoms with Gasteiger partial charge in [-0.15, -0.1) is 0 Å². The Morgan fingerprint density at radius 3 is 2.57 bits per heavy atom. The van der Waals surface area contributed by atoms with Crippen molar-refractivity contribution in [2.75, 3.05) is 9.80 Å². The predicted octanol–water partition coefficient (Wildman–Crippen LogP) is 4.42. The zero-order valence-electron chi connectivity index (χ0n) is 16.5. The van der Waals surface area contributed by atoms with E-state index in [0.29, 0.717) is 16.4 Å². The quantitative estimate of drug-likeness (QED) is 0.365. The van der Waals surface area contributed by atoms with Gasteiger partial charge < -0.3 is 4.90 Å². The van der Waals surface area contributed by atoms with E-state index in [2.05, 4.69) is 39.8 Å². The molecule has 1 aliphatic heterocycles. The lowest BCUT2D eigenvalue weighted by Crippen LogP contribution is -2.55. The summed E-state index contributed by atoms with van der Waals surface area (Å²) < 4.78 is 2.67. The number of benzene rings is 2. The van der Waals surface area contributed by atoms with E-state index < -0.39 is 5.54 Å². The zero-order chi connectivity index (χ0) is 21.2. The van der Waals surface area contributed by atoms with Gasteiger partial charge in [-0.3, -0.25) is 14.4 Å². The molecule has 2 heterocycles. The summed E-state index contributed by atoms with van der Waals surface area (Å²) in [6.07, 6.45) is 2.55. The van der Waals surface area contributed by atoms with E-state index in [1.165, 1.54) is 0 Å². The number of amides is 1. The number of nitriles is 1. The van der Waals surface area contributed by atoms with Crippen LogP contribution in [-0.4, -0.2) is 26.3 Å². The maximum Gasteiger partial charge on any atom is 0.259 e. The molecule has 0 bridgehead atoms. The summed E-state index contributed by atoms with van der Waals surface area (Å²) in [4.78, 5) is 17.3. The Morgan fingerprint density at radius 2 is 1.93 bits per heavy atom. The van der Waals surface area contributed by atoms with Gasteiger partial charge in [-0.05, 0) is 97.4 Å². The number of nitrogens with zero attached hydrogens (tertiary/aromatic N) is 5. The molecule has 0 unspecified atom stereocenters. The third-order valence-electron chi connectivity index (χ3n) is 6.20. The topological polar surface area (TPSA) is 65.2 Å². The van der Waals surface area contributed by atoms with E-state index in [0.717, 1.165) is 45.1 Å². The Balaban J connectivity index is 1.63. The first-order valence-electron chi connectivity index (χ1n) is 9.69. The van der Waals surface area contributed by atoms with Gasteiger partial charge in [-0.2, -0.15) is 10.4 Å². The highest BCUT2D eigenvalue weighted by Gasteiger charge is 2.59. The zero-order valence-corrected chi connectivity index (χ0v) is 19.5. The van der Waals surface area contributed by atoms with Crippen LogP contribution in [0, 0.1) is 21.8 Å². The Hall–Kier alpha value is -2.51. The molecule has 3 aromatic rings. The fourth-order valence-electron chi connectivity index (χ4n) is 4.51. The fraction of sp³-hybridized carbons (Fsp3) is 0.273. The maximum atomic E-state index is 13.6. The van der Waals surface area contributed by atoms with Gasteiger partial charge in [0.2, 0.25) is 0 Å². The fourth-order valence-corrected chi connectivity index (χ4v) is 5.60. The van der Waals surface area contributed by atoms with Crippen LogP contribution in [0.4, 0.5) is 11.4 Å². The average Bonchev–Trinajstić information content (AvgIpc) is 3.11. The van der Waals surface area contributed by atoms with Crippen molar-refractivity contribution in [3.63, 3.8) is 0 Å². The molecule has 2 aromatic carbocycles. The second-order valence-electron chi connectivity index (χ2n) is 7.83. The van der Waals surface area contributed by atoms with E-state index in [-0.39, 0.29) is 5.91 Å². The normalized spacial score (nSPS) is 17.7. The molecule has 0 radical (unpaired) electrons. The molecular formula is C22H18IN5OS. The number of thiocarbonyl (C=S) groups is 1. The van der Waals surface area contributed by atoms with Gasteiger partial charge in [0.15, 0.2) is 5.11 Å². The first-order chi connectivity index (χ1) is 14.4. The van der Waals surface area contributed by atoms with Crippen molar-refractivity contribution in [1.82, 2.24) is 9.78 Å². The van der Waals surface area contributed by atoms with Crippen molar-refractivity contribution in [3.05, 3.63) is 51.2 Å². The Bertz CT molecular complexity index is 1290. The molecule has 1 aromatic heterocycles. The van der Waals surface area contributed by atoms with E-state index >= 15 is 0 Å². The van der Waals surface area contributed by atoms with Gasteiger partial charge in [0, 0.05) is 21.7 Å². The van der Waals surface area contributed by atoms with Crippen molar-refractivity contribution in [3.8, 4) is 6.07 Å². The van der Waals surface area contributed by atoms with Gasteiger partial charge in [0.1, 0.15) is 11.6 Å². The number of rotatable bonds is 2. The van der Waals surface area contributed by atoms with Crippen LogP contribution in [0.15, 0.2) is 36.4 Å². The van der Waals surface area contributed by atoms with E-state index in [4.69, 9.17) is 12.2 Å². The number of hydrogen-bond acceptors (Lipinski definition) is 4. The molecule has 2 fully saturated rings. The lowest BCUT2D eigenvalue weighted by molar-refractivity contribution is -0.123. The molecule has 1 saturated heterocycles. The van der Waals surface area contributed by atoms with Crippen molar-refractivity contribution in [1.29, 1.82) is 5.26 Å². The lowest BCUT2D eigenvalue weighted by atomic mass is 9.75. The minimum absolute atomic E-state index is 0.0160. The van der Waals surface area contributed by atoms with Crippen LogP contribution < -0.4 is 9.80 Å². The van der Waals surface area contributed by atoms with Crippen LogP contribution in [0.3, 0.4) is 0 Å². The first-order valence-corrected chi connectivity index (χ1v) is 11.2. The minimum atomic E-state index is -0.625. The number of carbonyl (C=O) groups is 1. The Labute approximate surface area is 193 Å². The monoisotopic (exact) mass is 527 g/mol. The third kappa shape index (κ3) is 2.55. The van der Waals surface area contributed by atoms with Crippen molar-refractivity contribution in [2.45, 2.75) is 31.7 Å². The number of fused-ring (bicyclic) bond motifs is 1. The standard InChI is InChI=1S/C22H18IN5OS/c1-13-17-10-16(6-7-19(17)26(2)25-13)28-21(30)27(20(29)22(28)8-3-9-22)15-5-4-14(12-24)18(23)11-15/h4-7,10-11H,3,8-9H2,1-2H3. The molecule has 1 amide bonds. The van der Waals surface area contributed by atoms with Gasteiger partial charge in [-0.25, -0.2) is 0 Å². The molecule has 8 heteroatoms. The molecule has 1 spiro atoms. The summed E-state index contributed by atoms with van der Waals surface area (Å²) >= 11 is 7.98. The molecule has 0 N–H and O–H groups in total. The first kappa shape index (κ1) is 19.5. The molecule has 5 rings (SSSR count). The van der Waals surface area contributed by atoms with Crippen molar-refractivity contribution in [2.24, 2.45) is 7.05 Å². The van der Waals surface area contributed by atoms with E-state index in [1.54, 1.807) is 17.0 Å². The highest BCUT2D eigenvalue weighted by atomic mass is 127. The summed E-state index contributed by atoms with van der Waals surface area (Å²) in [6.45, 7) is 1.99. The van der Waals surface area contributed by atoms with Crippen LogP contribution in [0.25, 0.3) is 10.9 Å².